The molecule has 88 valence electrons. The topological polar surface area (TPSA) is 78.3 Å². The summed E-state index contributed by atoms with van der Waals surface area (Å²) < 4.78 is 28.1. The van der Waals surface area contributed by atoms with Crippen LogP contribution in [0.15, 0.2) is 29.4 Å². The Morgan fingerprint density at radius 3 is 2.81 bits per heavy atom. The van der Waals surface area contributed by atoms with E-state index in [2.05, 4.69) is 9.84 Å². The van der Waals surface area contributed by atoms with E-state index in [0.29, 0.717) is 6.54 Å². The number of hydrogen-bond donors (Lipinski definition) is 0. The zero-order chi connectivity index (χ0) is 12.2. The number of nitrogens with zero attached hydrogens (tertiary/aromatic N) is 2. The van der Waals surface area contributed by atoms with Crippen LogP contribution in [0.4, 0.5) is 0 Å². The van der Waals surface area contributed by atoms with Gasteiger partial charge in [-0.3, -0.25) is 4.68 Å². The fourth-order valence-electron chi connectivity index (χ4n) is 0.961. The molecule has 0 atom stereocenters. The number of rotatable bonds is 4. The van der Waals surface area contributed by atoms with E-state index in [1.807, 2.05) is 0 Å². The molecular weight excluding hydrogens is 232 g/mol. The molecule has 0 aromatic carbocycles. The van der Waals surface area contributed by atoms with Crippen molar-refractivity contribution in [3.63, 3.8) is 0 Å². The highest BCUT2D eigenvalue weighted by molar-refractivity contribution is 7.90. The summed E-state index contributed by atoms with van der Waals surface area (Å²) in [5.74, 6) is -0.463. The molecule has 1 rings (SSSR count). The minimum atomic E-state index is -3.23. The lowest BCUT2D eigenvalue weighted by molar-refractivity contribution is -0.134. The summed E-state index contributed by atoms with van der Waals surface area (Å²) in [4.78, 5) is 10.9. The fraction of sp³-hybridized carbons (Fsp3) is 0.333. The summed E-state index contributed by atoms with van der Waals surface area (Å²) in [6.07, 6.45) is 6.56. The largest absolute Gasteiger partial charge is 0.466 e. The van der Waals surface area contributed by atoms with Gasteiger partial charge in [-0.1, -0.05) is 6.08 Å². The first-order valence-corrected chi connectivity index (χ1v) is 6.29. The maximum Gasteiger partial charge on any atom is 0.330 e. The molecule has 0 bridgehead atoms. The van der Waals surface area contributed by atoms with E-state index in [0.717, 1.165) is 6.26 Å². The van der Waals surface area contributed by atoms with E-state index in [1.165, 1.54) is 36.3 Å². The van der Waals surface area contributed by atoms with Gasteiger partial charge in [0, 0.05) is 18.5 Å². The van der Waals surface area contributed by atoms with Crippen molar-refractivity contribution in [1.82, 2.24) is 9.78 Å². The highest BCUT2D eigenvalue weighted by Gasteiger charge is 2.08. The van der Waals surface area contributed by atoms with Crippen LogP contribution in [0.2, 0.25) is 0 Å². The minimum Gasteiger partial charge on any atom is -0.466 e. The van der Waals surface area contributed by atoms with Gasteiger partial charge in [-0.2, -0.15) is 5.10 Å². The Hall–Kier alpha value is -1.63. The Bertz CT molecular complexity index is 501. The number of aromatic nitrogens is 2. The first-order chi connectivity index (χ1) is 7.43. The maximum absolute atomic E-state index is 11.1. The number of hydrogen-bond acceptors (Lipinski definition) is 5. The highest BCUT2D eigenvalue weighted by atomic mass is 32.2. The number of methoxy groups -OCH3 is 1. The Labute approximate surface area is 93.4 Å². The second-order valence-corrected chi connectivity index (χ2v) is 5.11. The van der Waals surface area contributed by atoms with Gasteiger partial charge < -0.3 is 4.74 Å². The zero-order valence-corrected chi connectivity index (χ0v) is 9.77. The summed E-state index contributed by atoms with van der Waals surface area (Å²) in [7, 11) is -1.95. The summed E-state index contributed by atoms with van der Waals surface area (Å²) in [5, 5.41) is 3.84. The first-order valence-electron chi connectivity index (χ1n) is 4.40. The monoisotopic (exact) mass is 244 g/mol. The van der Waals surface area contributed by atoms with Gasteiger partial charge in [-0.15, -0.1) is 0 Å². The van der Waals surface area contributed by atoms with Gasteiger partial charge in [0.05, 0.1) is 19.9 Å². The maximum atomic E-state index is 11.1. The van der Waals surface area contributed by atoms with Crippen molar-refractivity contribution in [3.05, 3.63) is 24.5 Å². The Balaban J connectivity index is 2.67. The van der Waals surface area contributed by atoms with E-state index in [4.69, 9.17) is 0 Å². The van der Waals surface area contributed by atoms with Crippen molar-refractivity contribution < 1.29 is 17.9 Å². The molecular formula is C9H12N2O4S. The molecule has 0 aliphatic heterocycles. The molecule has 7 heteroatoms. The quantitative estimate of drug-likeness (QED) is 0.551. The fourth-order valence-corrected chi connectivity index (χ4v) is 1.51. The van der Waals surface area contributed by atoms with Crippen LogP contribution in [0.25, 0.3) is 0 Å². The van der Waals surface area contributed by atoms with E-state index < -0.39 is 15.8 Å². The first kappa shape index (κ1) is 12.4. The minimum absolute atomic E-state index is 0.152. The lowest BCUT2D eigenvalue weighted by Crippen LogP contribution is -1.99. The van der Waals surface area contributed by atoms with Crippen LogP contribution in [0.3, 0.4) is 0 Å². The van der Waals surface area contributed by atoms with Crippen molar-refractivity contribution in [2.24, 2.45) is 0 Å². The predicted octanol–water partition coefficient (Wildman–Crippen LogP) is 0.0158. The van der Waals surface area contributed by atoms with Gasteiger partial charge in [0.15, 0.2) is 9.84 Å². The van der Waals surface area contributed by atoms with E-state index in [-0.39, 0.29) is 4.90 Å². The molecule has 0 aliphatic rings. The van der Waals surface area contributed by atoms with Gasteiger partial charge in [0.2, 0.25) is 0 Å². The third kappa shape index (κ3) is 3.50. The van der Waals surface area contributed by atoms with Crippen molar-refractivity contribution >= 4 is 15.8 Å². The molecule has 0 saturated carbocycles. The molecule has 1 heterocycles. The van der Waals surface area contributed by atoms with Gasteiger partial charge in [-0.25, -0.2) is 13.2 Å². The van der Waals surface area contributed by atoms with Crippen LogP contribution < -0.4 is 0 Å². The van der Waals surface area contributed by atoms with E-state index >= 15 is 0 Å². The number of esters is 1. The normalized spacial score (nSPS) is 11.9. The summed E-state index contributed by atoms with van der Waals surface area (Å²) in [6, 6.07) is 0. The van der Waals surface area contributed by atoms with Crippen molar-refractivity contribution in [2.75, 3.05) is 13.4 Å². The van der Waals surface area contributed by atoms with Gasteiger partial charge in [-0.05, 0) is 0 Å². The molecule has 0 aliphatic carbocycles. The SMILES string of the molecule is COC(=O)/C=C/Cn1cc(S(C)(=O)=O)cn1. The molecule has 16 heavy (non-hydrogen) atoms. The average Bonchev–Trinajstić information content (AvgIpc) is 2.65. The molecule has 0 spiro atoms. The van der Waals surface area contributed by atoms with E-state index in [1.54, 1.807) is 0 Å². The second-order valence-electron chi connectivity index (χ2n) is 3.10. The molecule has 0 radical (unpaired) electrons. The van der Waals surface area contributed by atoms with Crippen molar-refractivity contribution in [3.8, 4) is 0 Å². The van der Waals surface area contributed by atoms with Gasteiger partial charge in [0.1, 0.15) is 4.90 Å². The van der Waals surface area contributed by atoms with Crippen LogP contribution in [0.5, 0.6) is 0 Å². The molecule has 0 fully saturated rings. The molecule has 1 aromatic rings. The van der Waals surface area contributed by atoms with Crippen LogP contribution in [0, 0.1) is 0 Å². The third-order valence-corrected chi connectivity index (χ3v) is 2.85. The molecule has 1 aromatic heterocycles. The summed E-state index contributed by atoms with van der Waals surface area (Å²) in [6.45, 7) is 0.310. The number of carbonyl (C=O) groups is 1. The Morgan fingerprint density at radius 2 is 2.31 bits per heavy atom. The highest BCUT2D eigenvalue weighted by Crippen LogP contribution is 2.05. The number of ether oxygens (including phenoxy) is 1. The predicted molar refractivity (Wildman–Crippen MR) is 56.5 cm³/mol. The molecule has 0 amide bonds. The van der Waals surface area contributed by atoms with Crippen LogP contribution >= 0.6 is 0 Å². The average molecular weight is 244 g/mol. The van der Waals surface area contributed by atoms with Crippen LogP contribution in [0.1, 0.15) is 0 Å². The smallest absolute Gasteiger partial charge is 0.330 e. The Kier molecular flexibility index (Phi) is 3.83. The third-order valence-electron chi connectivity index (χ3n) is 1.79. The van der Waals surface area contributed by atoms with Crippen molar-refractivity contribution in [2.45, 2.75) is 11.4 Å². The van der Waals surface area contributed by atoms with Crippen LogP contribution in [-0.4, -0.2) is 37.5 Å². The Morgan fingerprint density at radius 1 is 1.62 bits per heavy atom. The summed E-state index contributed by atoms with van der Waals surface area (Å²) >= 11 is 0. The molecule has 0 unspecified atom stereocenters. The lowest BCUT2D eigenvalue weighted by Gasteiger charge is -1.94. The lowest BCUT2D eigenvalue weighted by atomic mass is 10.5. The number of sulfone groups is 1. The van der Waals surface area contributed by atoms with Gasteiger partial charge >= 0.3 is 5.97 Å². The standard InChI is InChI=1S/C9H12N2O4S/c1-15-9(12)4-3-5-11-7-8(6-10-11)16(2,13)14/h3-4,6-7H,5H2,1-2H3/b4-3+. The van der Waals surface area contributed by atoms with Crippen molar-refractivity contribution in [1.29, 1.82) is 0 Å². The molecule has 0 N–H and O–H groups in total. The molecule has 0 saturated heterocycles. The zero-order valence-electron chi connectivity index (χ0n) is 8.95. The van der Waals surface area contributed by atoms with Crippen LogP contribution in [-0.2, 0) is 25.9 Å². The summed E-state index contributed by atoms with van der Waals surface area (Å²) in [5.41, 5.74) is 0. The molecule has 6 nitrogen and oxygen atoms in total. The number of allylic oxidation sites excluding steroid dienone is 1. The number of carbonyl (C=O) groups excluding carboxylic acids is 1. The second kappa shape index (κ2) is 4.93. The van der Waals surface area contributed by atoms with E-state index in [9.17, 15) is 13.2 Å². The van der Waals surface area contributed by atoms with Gasteiger partial charge in [0.25, 0.3) is 0 Å².